The number of para-hydroxylation sites is 1. The van der Waals surface area contributed by atoms with E-state index in [0.29, 0.717) is 11.3 Å². The summed E-state index contributed by atoms with van der Waals surface area (Å²) >= 11 is 0. The van der Waals surface area contributed by atoms with E-state index in [9.17, 15) is 9.18 Å². The van der Waals surface area contributed by atoms with Crippen LogP contribution in [0.5, 0.6) is 5.75 Å². The monoisotopic (exact) mass is 284 g/mol. The molecule has 2 rings (SSSR count). The van der Waals surface area contributed by atoms with Crippen LogP contribution in [0, 0.1) is 17.1 Å². The highest BCUT2D eigenvalue weighted by atomic mass is 19.1. The number of hydrogen-bond acceptors (Lipinski definition) is 3. The summed E-state index contributed by atoms with van der Waals surface area (Å²) in [7, 11) is 0. The third-order valence-electron chi connectivity index (χ3n) is 2.80. The normalized spacial score (nSPS) is 11.3. The number of ether oxygens (including phenoxy) is 1. The molecule has 2 aromatic carbocycles. The predicted octanol–water partition coefficient (Wildman–Crippen LogP) is 3.10. The first-order chi connectivity index (χ1) is 10.1. The highest BCUT2D eigenvalue weighted by molar-refractivity contribution is 5.94. The van der Waals surface area contributed by atoms with E-state index in [1.165, 1.54) is 12.1 Å². The lowest BCUT2D eigenvalue weighted by Crippen LogP contribution is -2.30. The van der Waals surface area contributed by atoms with Crippen molar-refractivity contribution < 1.29 is 13.9 Å². The molecule has 0 aliphatic heterocycles. The molecule has 0 heterocycles. The number of benzene rings is 2. The van der Waals surface area contributed by atoms with Crippen LogP contribution in [0.15, 0.2) is 48.5 Å². The first-order valence-electron chi connectivity index (χ1n) is 6.32. The highest BCUT2D eigenvalue weighted by Gasteiger charge is 2.16. The topological polar surface area (TPSA) is 62.1 Å². The van der Waals surface area contributed by atoms with Gasteiger partial charge in [-0.05, 0) is 43.3 Å². The van der Waals surface area contributed by atoms with Gasteiger partial charge in [0.25, 0.3) is 5.91 Å². The van der Waals surface area contributed by atoms with Gasteiger partial charge in [0, 0.05) is 0 Å². The first kappa shape index (κ1) is 14.5. The van der Waals surface area contributed by atoms with Gasteiger partial charge in [-0.3, -0.25) is 4.79 Å². The molecule has 0 saturated carbocycles. The molecular weight excluding hydrogens is 271 g/mol. The van der Waals surface area contributed by atoms with E-state index < -0.39 is 17.8 Å². The van der Waals surface area contributed by atoms with Gasteiger partial charge in [-0.1, -0.05) is 12.1 Å². The molecule has 21 heavy (non-hydrogen) atoms. The smallest absolute Gasteiger partial charge is 0.265 e. The van der Waals surface area contributed by atoms with Crippen LogP contribution in [-0.4, -0.2) is 12.0 Å². The molecule has 0 saturated heterocycles. The molecule has 4 nitrogen and oxygen atoms in total. The van der Waals surface area contributed by atoms with Crippen molar-refractivity contribution in [3.63, 3.8) is 0 Å². The average molecular weight is 284 g/mol. The van der Waals surface area contributed by atoms with Crippen LogP contribution in [0.2, 0.25) is 0 Å². The molecule has 1 amide bonds. The molecule has 0 radical (unpaired) electrons. The van der Waals surface area contributed by atoms with Crippen LogP contribution < -0.4 is 10.1 Å². The van der Waals surface area contributed by atoms with Gasteiger partial charge < -0.3 is 10.1 Å². The molecule has 0 aromatic heterocycles. The lowest BCUT2D eigenvalue weighted by molar-refractivity contribution is -0.122. The molecule has 0 unspecified atom stereocenters. The van der Waals surface area contributed by atoms with E-state index in [0.717, 1.165) is 0 Å². The number of nitrogens with one attached hydrogen (secondary N) is 1. The summed E-state index contributed by atoms with van der Waals surface area (Å²) in [6.07, 6.45) is -0.794. The molecule has 1 atom stereocenters. The number of hydrogen-bond donors (Lipinski definition) is 1. The van der Waals surface area contributed by atoms with Gasteiger partial charge in [-0.2, -0.15) is 5.26 Å². The Morgan fingerprint density at radius 3 is 2.52 bits per heavy atom. The third kappa shape index (κ3) is 3.80. The van der Waals surface area contributed by atoms with Gasteiger partial charge >= 0.3 is 0 Å². The van der Waals surface area contributed by atoms with E-state index >= 15 is 0 Å². The van der Waals surface area contributed by atoms with Crippen molar-refractivity contribution in [3.8, 4) is 11.8 Å². The Morgan fingerprint density at radius 1 is 1.24 bits per heavy atom. The van der Waals surface area contributed by atoms with Crippen LogP contribution in [0.4, 0.5) is 10.1 Å². The summed E-state index contributed by atoms with van der Waals surface area (Å²) in [6, 6.07) is 14.3. The lowest BCUT2D eigenvalue weighted by Gasteiger charge is -2.15. The largest absolute Gasteiger partial charge is 0.481 e. The van der Waals surface area contributed by atoms with E-state index in [2.05, 4.69) is 5.32 Å². The maximum Gasteiger partial charge on any atom is 0.265 e. The number of halogens is 1. The maximum absolute atomic E-state index is 13.4. The number of amides is 1. The summed E-state index contributed by atoms with van der Waals surface area (Å²) in [5.74, 6) is -0.494. The molecule has 0 aliphatic rings. The second-order valence-electron chi connectivity index (χ2n) is 4.37. The zero-order chi connectivity index (χ0) is 15.2. The summed E-state index contributed by atoms with van der Waals surface area (Å²) in [5.41, 5.74) is 0.614. The third-order valence-corrected chi connectivity index (χ3v) is 2.80. The van der Waals surface area contributed by atoms with E-state index in [1.807, 2.05) is 6.07 Å². The van der Waals surface area contributed by atoms with E-state index in [-0.39, 0.29) is 5.69 Å². The minimum absolute atomic E-state index is 0.109. The van der Waals surface area contributed by atoms with Crippen molar-refractivity contribution in [2.45, 2.75) is 13.0 Å². The van der Waals surface area contributed by atoms with Crippen LogP contribution in [0.25, 0.3) is 0 Å². The van der Waals surface area contributed by atoms with Crippen molar-refractivity contribution in [1.29, 1.82) is 5.26 Å². The quantitative estimate of drug-likeness (QED) is 0.938. The first-order valence-corrected chi connectivity index (χ1v) is 6.32. The number of carbonyl (C=O) groups excluding carboxylic acids is 1. The number of nitrogens with zero attached hydrogens (tertiary/aromatic N) is 1. The standard InChI is InChI=1S/C16H13FN2O2/c1-11(21-13-8-6-12(10-18)7-9-13)16(20)19-15-5-3-2-4-14(15)17/h2-9,11H,1H3,(H,19,20)/t11-/m1/s1. The minimum Gasteiger partial charge on any atom is -0.481 e. The van der Waals surface area contributed by atoms with Crippen molar-refractivity contribution >= 4 is 11.6 Å². The zero-order valence-electron chi connectivity index (χ0n) is 11.3. The summed E-state index contributed by atoms with van der Waals surface area (Å²) in [4.78, 5) is 11.9. The Labute approximate surface area is 121 Å². The number of nitriles is 1. The Bertz CT molecular complexity index is 677. The molecule has 0 fully saturated rings. The van der Waals surface area contributed by atoms with Gasteiger partial charge in [-0.25, -0.2) is 4.39 Å². The average Bonchev–Trinajstić information content (AvgIpc) is 2.50. The Morgan fingerprint density at radius 2 is 1.90 bits per heavy atom. The fraction of sp³-hybridized carbons (Fsp3) is 0.125. The van der Waals surface area contributed by atoms with Gasteiger partial charge in [-0.15, -0.1) is 0 Å². The predicted molar refractivity (Wildman–Crippen MR) is 76.3 cm³/mol. The van der Waals surface area contributed by atoms with Gasteiger partial charge in [0.1, 0.15) is 11.6 Å². The Kier molecular flexibility index (Phi) is 4.52. The van der Waals surface area contributed by atoms with Crippen molar-refractivity contribution in [1.82, 2.24) is 0 Å². The second kappa shape index (κ2) is 6.53. The fourth-order valence-electron chi connectivity index (χ4n) is 1.66. The molecule has 0 bridgehead atoms. The van der Waals surface area contributed by atoms with Gasteiger partial charge in [0.2, 0.25) is 0 Å². The highest BCUT2D eigenvalue weighted by Crippen LogP contribution is 2.16. The molecule has 0 aliphatic carbocycles. The Hall–Kier alpha value is -2.87. The summed E-state index contributed by atoms with van der Waals surface area (Å²) in [6.45, 7) is 1.56. The van der Waals surface area contributed by atoms with Crippen molar-refractivity contribution in [2.24, 2.45) is 0 Å². The number of carbonyl (C=O) groups is 1. The molecule has 5 heteroatoms. The minimum atomic E-state index is -0.794. The second-order valence-corrected chi connectivity index (χ2v) is 4.37. The molecule has 2 aromatic rings. The lowest BCUT2D eigenvalue weighted by atomic mass is 10.2. The van der Waals surface area contributed by atoms with Gasteiger partial charge in [0.05, 0.1) is 17.3 Å². The molecule has 0 spiro atoms. The van der Waals surface area contributed by atoms with Crippen LogP contribution >= 0.6 is 0 Å². The van der Waals surface area contributed by atoms with Gasteiger partial charge in [0.15, 0.2) is 6.10 Å². The van der Waals surface area contributed by atoms with Crippen LogP contribution in [-0.2, 0) is 4.79 Å². The number of anilines is 1. The molecule has 1 N–H and O–H groups in total. The van der Waals surface area contributed by atoms with Crippen molar-refractivity contribution in [2.75, 3.05) is 5.32 Å². The van der Waals surface area contributed by atoms with E-state index in [1.54, 1.807) is 43.3 Å². The summed E-state index contributed by atoms with van der Waals surface area (Å²) in [5, 5.41) is 11.2. The van der Waals surface area contributed by atoms with E-state index in [4.69, 9.17) is 10.00 Å². The Balaban J connectivity index is 1.99. The van der Waals surface area contributed by atoms with Crippen molar-refractivity contribution in [3.05, 3.63) is 59.9 Å². The maximum atomic E-state index is 13.4. The number of rotatable bonds is 4. The molecule has 106 valence electrons. The van der Waals surface area contributed by atoms with Crippen LogP contribution in [0.1, 0.15) is 12.5 Å². The fourth-order valence-corrected chi connectivity index (χ4v) is 1.66. The summed E-state index contributed by atoms with van der Waals surface area (Å²) < 4.78 is 18.9. The molecular formula is C16H13FN2O2. The van der Waals surface area contributed by atoms with Crippen LogP contribution in [0.3, 0.4) is 0 Å². The SMILES string of the molecule is C[C@@H](Oc1ccc(C#N)cc1)C(=O)Nc1ccccc1F. The zero-order valence-corrected chi connectivity index (χ0v) is 11.3.